The number of pyridine rings is 1. The SMILES string of the molecule is COC(=O)c1ccc2nc(C3CC34CCN(c3nc(OCc5ccc6c(cnn6C)c5)c(F)cc3F)CC4)n(C[C@@H]3CCO3)c2c1. The van der Waals surface area contributed by atoms with Crippen molar-refractivity contribution >= 4 is 33.7 Å². The molecule has 2 saturated heterocycles. The monoisotopic (exact) mass is 628 g/mol. The first kappa shape index (κ1) is 28.9. The molecule has 10 nitrogen and oxygen atoms in total. The van der Waals surface area contributed by atoms with Gasteiger partial charge in [-0.05, 0) is 67.0 Å². The van der Waals surface area contributed by atoms with Crippen LogP contribution >= 0.6 is 0 Å². The molecule has 0 bridgehead atoms. The Hall–Kier alpha value is -4.58. The van der Waals surface area contributed by atoms with Gasteiger partial charge in [-0.15, -0.1) is 0 Å². The Balaban J connectivity index is 0.987. The predicted molar refractivity (Wildman–Crippen MR) is 166 cm³/mol. The first-order valence-corrected chi connectivity index (χ1v) is 15.7. The van der Waals surface area contributed by atoms with Gasteiger partial charge in [-0.2, -0.15) is 10.1 Å². The number of halogens is 2. The van der Waals surface area contributed by atoms with E-state index in [9.17, 15) is 9.18 Å². The topological polar surface area (TPSA) is 96.5 Å². The lowest BCUT2D eigenvalue weighted by Gasteiger charge is -2.34. The lowest BCUT2D eigenvalue weighted by atomic mass is 9.90. The predicted octanol–water partition coefficient (Wildman–Crippen LogP) is 5.52. The molecule has 1 aliphatic carbocycles. The molecule has 3 aliphatic rings. The van der Waals surface area contributed by atoms with Gasteiger partial charge in [0, 0.05) is 44.1 Å². The number of benzene rings is 2. The van der Waals surface area contributed by atoms with Crippen LogP contribution < -0.4 is 9.64 Å². The van der Waals surface area contributed by atoms with Crippen LogP contribution in [-0.4, -0.2) is 63.2 Å². The minimum atomic E-state index is -0.829. The van der Waals surface area contributed by atoms with Crippen LogP contribution in [-0.2, 0) is 29.7 Å². The zero-order valence-electron chi connectivity index (χ0n) is 25.7. The lowest BCUT2D eigenvalue weighted by molar-refractivity contribution is -0.0590. The number of hydrogen-bond donors (Lipinski definition) is 0. The molecule has 238 valence electrons. The minimum Gasteiger partial charge on any atom is -0.471 e. The first-order chi connectivity index (χ1) is 22.3. The van der Waals surface area contributed by atoms with Crippen LogP contribution in [0.2, 0.25) is 0 Å². The van der Waals surface area contributed by atoms with Crippen LogP contribution in [0, 0.1) is 17.0 Å². The second-order valence-electron chi connectivity index (χ2n) is 12.7. The third kappa shape index (κ3) is 4.95. The van der Waals surface area contributed by atoms with Gasteiger partial charge in [-0.25, -0.2) is 18.6 Å². The van der Waals surface area contributed by atoms with E-state index in [1.165, 1.54) is 7.11 Å². The van der Waals surface area contributed by atoms with Crippen molar-refractivity contribution in [2.45, 2.75) is 50.9 Å². The fourth-order valence-corrected chi connectivity index (χ4v) is 7.12. The van der Waals surface area contributed by atoms with Gasteiger partial charge in [0.15, 0.2) is 17.5 Å². The first-order valence-electron chi connectivity index (χ1n) is 15.7. The smallest absolute Gasteiger partial charge is 0.337 e. The maximum absolute atomic E-state index is 15.1. The molecular weight excluding hydrogens is 594 g/mol. The molecule has 5 heterocycles. The summed E-state index contributed by atoms with van der Waals surface area (Å²) in [5, 5.41) is 5.21. The quantitative estimate of drug-likeness (QED) is 0.207. The van der Waals surface area contributed by atoms with Crippen LogP contribution in [0.25, 0.3) is 21.9 Å². The van der Waals surface area contributed by atoms with Gasteiger partial charge in [0.1, 0.15) is 12.4 Å². The summed E-state index contributed by atoms with van der Waals surface area (Å²) in [5.74, 6) is -0.773. The molecule has 1 saturated carbocycles. The Morgan fingerprint density at radius 1 is 1.07 bits per heavy atom. The standard InChI is InChI=1S/C34H34F2N6O4/c1-40-28-6-3-20(13-22(28)17-37-40)19-46-32-26(36)15-25(35)31(39-32)41-10-8-34(9-11-41)16-24(34)30-38-27-5-4-21(33(43)44-2)14-29(27)42(30)18-23-7-12-45-23/h3-6,13-15,17,23-24H,7-12,16,18-19H2,1-2H3/t23-,24?/m0/s1. The highest BCUT2D eigenvalue weighted by molar-refractivity contribution is 5.93. The number of carbonyl (C=O) groups excluding carboxylic acids is 1. The van der Waals surface area contributed by atoms with Gasteiger partial charge in [0.2, 0.25) is 0 Å². The Morgan fingerprint density at radius 3 is 2.65 bits per heavy atom. The highest BCUT2D eigenvalue weighted by Crippen LogP contribution is 2.65. The normalized spacial score (nSPS) is 20.3. The zero-order valence-corrected chi connectivity index (χ0v) is 25.7. The zero-order chi connectivity index (χ0) is 31.6. The van der Waals surface area contributed by atoms with E-state index in [1.807, 2.05) is 42.3 Å². The number of imidazole rings is 1. The summed E-state index contributed by atoms with van der Waals surface area (Å²) in [6, 6.07) is 12.1. The Labute approximate surface area is 263 Å². The van der Waals surface area contributed by atoms with Crippen molar-refractivity contribution in [2.75, 3.05) is 31.7 Å². The van der Waals surface area contributed by atoms with Crippen molar-refractivity contribution in [1.82, 2.24) is 24.3 Å². The molecule has 8 rings (SSSR count). The van der Waals surface area contributed by atoms with E-state index in [0.717, 1.165) is 71.7 Å². The average Bonchev–Trinajstić information content (AvgIpc) is 3.41. The van der Waals surface area contributed by atoms with E-state index in [4.69, 9.17) is 19.2 Å². The van der Waals surface area contributed by atoms with Crippen molar-refractivity contribution in [1.29, 1.82) is 0 Å². The third-order valence-electron chi connectivity index (χ3n) is 10.0. The van der Waals surface area contributed by atoms with E-state index < -0.39 is 11.6 Å². The second kappa shape index (κ2) is 11.0. The number of anilines is 1. The number of hydrogen-bond acceptors (Lipinski definition) is 8. The Kier molecular flexibility index (Phi) is 6.93. The van der Waals surface area contributed by atoms with Gasteiger partial charge in [0.05, 0.1) is 48.1 Å². The maximum Gasteiger partial charge on any atom is 0.337 e. The van der Waals surface area contributed by atoms with Crippen LogP contribution in [0.15, 0.2) is 48.7 Å². The number of aromatic nitrogens is 5. The summed E-state index contributed by atoms with van der Waals surface area (Å²) >= 11 is 0. The summed E-state index contributed by atoms with van der Waals surface area (Å²) in [6.07, 6.45) is 5.51. The summed E-state index contributed by atoms with van der Waals surface area (Å²) < 4.78 is 50.3. The molecular formula is C34H34F2N6O4. The molecule has 2 aromatic carbocycles. The van der Waals surface area contributed by atoms with E-state index in [2.05, 4.69) is 14.6 Å². The summed E-state index contributed by atoms with van der Waals surface area (Å²) in [4.78, 5) is 23.5. The molecule has 0 N–H and O–H groups in total. The van der Waals surface area contributed by atoms with Gasteiger partial charge >= 0.3 is 5.97 Å². The number of methoxy groups -OCH3 is 1. The fourth-order valence-electron chi connectivity index (χ4n) is 7.12. The van der Waals surface area contributed by atoms with E-state index in [1.54, 1.807) is 16.9 Å². The van der Waals surface area contributed by atoms with Gasteiger partial charge in [-0.1, -0.05) is 6.07 Å². The summed E-state index contributed by atoms with van der Waals surface area (Å²) in [7, 11) is 3.25. The molecule has 1 unspecified atom stereocenters. The summed E-state index contributed by atoms with van der Waals surface area (Å²) in [6.45, 7) is 2.70. The van der Waals surface area contributed by atoms with Crippen molar-refractivity contribution in [3.8, 4) is 5.88 Å². The average molecular weight is 629 g/mol. The Bertz CT molecular complexity index is 1980. The van der Waals surface area contributed by atoms with Crippen molar-refractivity contribution in [3.05, 3.63) is 77.2 Å². The van der Waals surface area contributed by atoms with Crippen LogP contribution in [0.1, 0.15) is 53.3 Å². The lowest BCUT2D eigenvalue weighted by Crippen LogP contribution is -2.36. The number of rotatable bonds is 8. The van der Waals surface area contributed by atoms with Crippen LogP contribution in [0.3, 0.4) is 0 Å². The number of aryl methyl sites for hydroxylation is 1. The van der Waals surface area contributed by atoms with Gasteiger partial charge < -0.3 is 23.7 Å². The number of fused-ring (bicyclic) bond motifs is 2. The van der Waals surface area contributed by atoms with Crippen molar-refractivity contribution in [2.24, 2.45) is 12.5 Å². The fraction of sp³-hybridized carbons (Fsp3) is 0.412. The van der Waals surface area contributed by atoms with Crippen LogP contribution in [0.5, 0.6) is 5.88 Å². The number of ether oxygens (including phenoxy) is 3. The van der Waals surface area contributed by atoms with E-state index in [-0.39, 0.29) is 41.7 Å². The maximum atomic E-state index is 15.1. The molecule has 0 amide bonds. The summed E-state index contributed by atoms with van der Waals surface area (Å²) in [5.41, 5.74) is 4.09. The minimum absolute atomic E-state index is 0.0437. The van der Waals surface area contributed by atoms with E-state index in [0.29, 0.717) is 25.2 Å². The largest absolute Gasteiger partial charge is 0.471 e. The molecule has 5 aromatic rings. The molecule has 3 fully saturated rings. The number of carbonyl (C=O) groups is 1. The second-order valence-corrected chi connectivity index (χ2v) is 12.7. The van der Waals surface area contributed by atoms with Gasteiger partial charge in [-0.3, -0.25) is 4.68 Å². The molecule has 2 atom stereocenters. The third-order valence-corrected chi connectivity index (χ3v) is 10.0. The number of piperidine rings is 1. The van der Waals surface area contributed by atoms with Crippen molar-refractivity contribution < 1.29 is 27.8 Å². The Morgan fingerprint density at radius 2 is 1.89 bits per heavy atom. The number of esters is 1. The highest BCUT2D eigenvalue weighted by Gasteiger charge is 2.57. The highest BCUT2D eigenvalue weighted by atomic mass is 19.1. The molecule has 46 heavy (non-hydrogen) atoms. The molecule has 2 aliphatic heterocycles. The molecule has 0 radical (unpaired) electrons. The van der Waals surface area contributed by atoms with E-state index >= 15 is 4.39 Å². The molecule has 3 aromatic heterocycles. The van der Waals surface area contributed by atoms with Gasteiger partial charge in [0.25, 0.3) is 5.88 Å². The molecule has 1 spiro atoms. The van der Waals surface area contributed by atoms with Crippen molar-refractivity contribution in [3.63, 3.8) is 0 Å². The van der Waals surface area contributed by atoms with Crippen LogP contribution in [0.4, 0.5) is 14.6 Å². The molecule has 12 heteroatoms. The number of nitrogens with zero attached hydrogens (tertiary/aromatic N) is 6.